The summed E-state index contributed by atoms with van der Waals surface area (Å²) in [5, 5.41) is 28.6. The molecule has 16 heavy (non-hydrogen) atoms. The van der Waals surface area contributed by atoms with Gasteiger partial charge in [-0.3, -0.25) is 10.1 Å². The fourth-order valence-corrected chi connectivity index (χ4v) is 1.62. The van der Waals surface area contributed by atoms with Crippen LogP contribution in [0.4, 0.5) is 11.4 Å². The van der Waals surface area contributed by atoms with Crippen molar-refractivity contribution < 1.29 is 15.1 Å². The Morgan fingerprint density at radius 2 is 1.88 bits per heavy atom. The van der Waals surface area contributed by atoms with E-state index in [1.807, 2.05) is 0 Å². The van der Waals surface area contributed by atoms with Gasteiger partial charge in [-0.05, 0) is 6.07 Å². The summed E-state index contributed by atoms with van der Waals surface area (Å²) in [6.07, 6.45) is 0.344. The lowest BCUT2D eigenvalue weighted by atomic mass is 10.0. The second kappa shape index (κ2) is 5.43. The van der Waals surface area contributed by atoms with Gasteiger partial charge in [0.15, 0.2) is 0 Å². The zero-order valence-electron chi connectivity index (χ0n) is 8.72. The van der Waals surface area contributed by atoms with Crippen molar-refractivity contribution in [3.05, 3.63) is 33.4 Å². The highest BCUT2D eigenvalue weighted by Crippen LogP contribution is 2.29. The Kier molecular flexibility index (Phi) is 4.21. The predicted octanol–water partition coefficient (Wildman–Crippen LogP) is 0.247. The Bertz CT molecular complexity index is 393. The molecular formula is C10H14N2O4. The normalized spacial score (nSPS) is 10.4. The van der Waals surface area contributed by atoms with E-state index >= 15 is 0 Å². The molecule has 6 heteroatoms. The van der Waals surface area contributed by atoms with Crippen molar-refractivity contribution in [2.24, 2.45) is 0 Å². The molecule has 0 bridgehead atoms. The van der Waals surface area contributed by atoms with Crippen LogP contribution in [-0.4, -0.2) is 28.4 Å². The average Bonchev–Trinajstić information content (AvgIpc) is 2.23. The van der Waals surface area contributed by atoms with E-state index in [4.69, 9.17) is 15.9 Å². The van der Waals surface area contributed by atoms with E-state index in [9.17, 15) is 10.1 Å². The lowest BCUT2D eigenvalue weighted by Gasteiger charge is -2.09. The fraction of sp³-hybridized carbons (Fsp3) is 0.400. The van der Waals surface area contributed by atoms with E-state index in [0.717, 1.165) is 0 Å². The van der Waals surface area contributed by atoms with Crippen molar-refractivity contribution in [3.8, 4) is 0 Å². The Morgan fingerprint density at radius 1 is 1.25 bits per heavy atom. The topological polar surface area (TPSA) is 110 Å². The van der Waals surface area contributed by atoms with Crippen LogP contribution in [0.15, 0.2) is 12.1 Å². The maximum Gasteiger partial charge on any atom is 0.277 e. The highest BCUT2D eigenvalue weighted by atomic mass is 16.6. The maximum absolute atomic E-state index is 10.9. The Labute approximate surface area is 92.5 Å². The van der Waals surface area contributed by atoms with Gasteiger partial charge in [-0.1, -0.05) is 6.07 Å². The van der Waals surface area contributed by atoms with Gasteiger partial charge >= 0.3 is 0 Å². The third-order valence-electron chi connectivity index (χ3n) is 2.33. The van der Waals surface area contributed by atoms with Crippen molar-refractivity contribution in [3.63, 3.8) is 0 Å². The molecule has 0 fully saturated rings. The number of nitrogens with zero attached hydrogens (tertiary/aromatic N) is 1. The summed E-state index contributed by atoms with van der Waals surface area (Å²) in [6, 6.07) is 3.09. The first kappa shape index (κ1) is 12.4. The Balaban J connectivity index is 3.31. The molecule has 1 rings (SSSR count). The van der Waals surface area contributed by atoms with Crippen LogP contribution in [0.5, 0.6) is 0 Å². The van der Waals surface area contributed by atoms with E-state index in [2.05, 4.69) is 0 Å². The van der Waals surface area contributed by atoms with Gasteiger partial charge in [0, 0.05) is 37.3 Å². The molecule has 0 unspecified atom stereocenters. The second-order valence-electron chi connectivity index (χ2n) is 3.35. The first-order chi connectivity index (χ1) is 7.61. The molecule has 88 valence electrons. The molecule has 0 saturated carbocycles. The molecular weight excluding hydrogens is 212 g/mol. The zero-order chi connectivity index (χ0) is 12.1. The Hall–Kier alpha value is -1.66. The SMILES string of the molecule is Nc1ccc(CCO)c([N+](=O)[O-])c1CCO. The minimum atomic E-state index is -0.521. The summed E-state index contributed by atoms with van der Waals surface area (Å²) in [4.78, 5) is 10.4. The number of nitrogen functional groups attached to an aromatic ring is 1. The van der Waals surface area contributed by atoms with Crippen molar-refractivity contribution in [2.45, 2.75) is 12.8 Å². The maximum atomic E-state index is 10.9. The lowest BCUT2D eigenvalue weighted by Crippen LogP contribution is -2.07. The van der Waals surface area contributed by atoms with Crippen molar-refractivity contribution in [2.75, 3.05) is 18.9 Å². The third-order valence-corrected chi connectivity index (χ3v) is 2.33. The molecule has 0 atom stereocenters. The van der Waals surface area contributed by atoms with Gasteiger partial charge in [-0.25, -0.2) is 0 Å². The van der Waals surface area contributed by atoms with Crippen LogP contribution in [0, 0.1) is 10.1 Å². The molecule has 1 aromatic rings. The molecule has 0 amide bonds. The van der Waals surface area contributed by atoms with Gasteiger partial charge in [0.2, 0.25) is 0 Å². The monoisotopic (exact) mass is 226 g/mol. The molecule has 0 aromatic heterocycles. The summed E-state index contributed by atoms with van der Waals surface area (Å²) < 4.78 is 0. The van der Waals surface area contributed by atoms with Crippen LogP contribution in [0.3, 0.4) is 0 Å². The van der Waals surface area contributed by atoms with Gasteiger partial charge in [-0.2, -0.15) is 0 Å². The standard InChI is InChI=1S/C10H14N2O4/c11-9-2-1-7(3-5-13)10(12(15)16)8(9)4-6-14/h1-2,13-14H,3-6,11H2. The molecule has 0 aliphatic heterocycles. The van der Waals surface area contributed by atoms with Gasteiger partial charge in [-0.15, -0.1) is 0 Å². The summed E-state index contributed by atoms with van der Waals surface area (Å²) in [7, 11) is 0. The molecule has 0 radical (unpaired) electrons. The van der Waals surface area contributed by atoms with Crippen LogP contribution < -0.4 is 5.73 Å². The van der Waals surface area contributed by atoms with E-state index < -0.39 is 4.92 Å². The Morgan fingerprint density at radius 3 is 2.38 bits per heavy atom. The number of hydrogen-bond donors (Lipinski definition) is 3. The first-order valence-electron chi connectivity index (χ1n) is 4.88. The highest BCUT2D eigenvalue weighted by Gasteiger charge is 2.21. The molecule has 4 N–H and O–H groups in total. The summed E-state index contributed by atoms with van der Waals surface area (Å²) in [5.74, 6) is 0. The van der Waals surface area contributed by atoms with Gasteiger partial charge in [0.1, 0.15) is 0 Å². The van der Waals surface area contributed by atoms with Crippen molar-refractivity contribution in [1.82, 2.24) is 0 Å². The van der Waals surface area contributed by atoms with E-state index in [-0.39, 0.29) is 31.7 Å². The van der Waals surface area contributed by atoms with Crippen LogP contribution >= 0.6 is 0 Å². The predicted molar refractivity (Wildman–Crippen MR) is 59.1 cm³/mol. The quantitative estimate of drug-likeness (QED) is 0.378. The average molecular weight is 226 g/mol. The molecule has 0 heterocycles. The number of aliphatic hydroxyl groups is 2. The zero-order valence-corrected chi connectivity index (χ0v) is 8.72. The number of nitro groups is 1. The largest absolute Gasteiger partial charge is 0.398 e. The minimum Gasteiger partial charge on any atom is -0.398 e. The number of benzene rings is 1. The number of anilines is 1. The number of aliphatic hydroxyl groups excluding tert-OH is 2. The van der Waals surface area contributed by atoms with E-state index in [0.29, 0.717) is 16.8 Å². The summed E-state index contributed by atoms with van der Waals surface area (Å²) in [6.45, 7) is -0.364. The minimum absolute atomic E-state index is 0.0944. The smallest absolute Gasteiger partial charge is 0.277 e. The molecule has 0 aliphatic carbocycles. The van der Waals surface area contributed by atoms with Crippen LogP contribution in [0.2, 0.25) is 0 Å². The summed E-state index contributed by atoms with van der Waals surface area (Å²) in [5.41, 5.74) is 6.60. The van der Waals surface area contributed by atoms with E-state index in [1.165, 1.54) is 6.07 Å². The van der Waals surface area contributed by atoms with Gasteiger partial charge in [0.25, 0.3) is 5.69 Å². The van der Waals surface area contributed by atoms with Gasteiger partial charge < -0.3 is 15.9 Å². The lowest BCUT2D eigenvalue weighted by molar-refractivity contribution is -0.386. The van der Waals surface area contributed by atoms with Crippen molar-refractivity contribution >= 4 is 11.4 Å². The van der Waals surface area contributed by atoms with Crippen LogP contribution in [0.1, 0.15) is 11.1 Å². The second-order valence-corrected chi connectivity index (χ2v) is 3.35. The van der Waals surface area contributed by atoms with Gasteiger partial charge in [0.05, 0.1) is 10.5 Å². The fourth-order valence-electron chi connectivity index (χ4n) is 1.62. The number of rotatable bonds is 5. The number of nitrogens with two attached hydrogens (primary N) is 1. The summed E-state index contributed by atoms with van der Waals surface area (Å²) >= 11 is 0. The molecule has 6 nitrogen and oxygen atoms in total. The third kappa shape index (κ3) is 2.47. The van der Waals surface area contributed by atoms with Crippen molar-refractivity contribution in [1.29, 1.82) is 0 Å². The molecule has 0 spiro atoms. The number of hydrogen-bond acceptors (Lipinski definition) is 5. The van der Waals surface area contributed by atoms with Crippen LogP contribution in [0.25, 0.3) is 0 Å². The molecule has 0 saturated heterocycles. The first-order valence-corrected chi connectivity index (χ1v) is 4.88. The van der Waals surface area contributed by atoms with E-state index in [1.54, 1.807) is 6.07 Å². The molecule has 0 aliphatic rings. The number of nitro benzene ring substituents is 1. The molecule has 1 aromatic carbocycles. The highest BCUT2D eigenvalue weighted by molar-refractivity contribution is 5.61. The van der Waals surface area contributed by atoms with Crippen LogP contribution in [-0.2, 0) is 12.8 Å².